The normalized spacial score (nSPS) is 17.0. The maximum Gasteiger partial charge on any atom is 0.303 e. The first-order valence-corrected chi connectivity index (χ1v) is 8.05. The molecule has 6 nitrogen and oxygen atoms in total. The predicted molar refractivity (Wildman–Crippen MR) is 74.8 cm³/mol. The van der Waals surface area contributed by atoms with Gasteiger partial charge in [0.2, 0.25) is 10.0 Å². The van der Waals surface area contributed by atoms with Gasteiger partial charge in [0.05, 0.1) is 17.0 Å². The molecule has 0 aromatic heterocycles. The second-order valence-corrected chi connectivity index (χ2v) is 7.03. The van der Waals surface area contributed by atoms with Crippen LogP contribution in [-0.4, -0.2) is 26.0 Å². The summed E-state index contributed by atoms with van der Waals surface area (Å²) in [7, 11) is -3.94. The van der Waals surface area contributed by atoms with Crippen LogP contribution in [0.5, 0.6) is 0 Å². The largest absolute Gasteiger partial charge is 0.481 e. The summed E-state index contributed by atoms with van der Waals surface area (Å²) in [5, 5.41) is 16.7. The number of primary sulfonamides is 1. The number of halogens is 1. The van der Waals surface area contributed by atoms with Gasteiger partial charge in [0, 0.05) is 6.54 Å². The SMILES string of the molecule is NS(=O)(=O)c1ccc(NCC2(CC(=O)O)CCC2)c(F)c1. The van der Waals surface area contributed by atoms with Gasteiger partial charge in [-0.2, -0.15) is 0 Å². The van der Waals surface area contributed by atoms with Gasteiger partial charge in [0.25, 0.3) is 0 Å². The highest BCUT2D eigenvalue weighted by Crippen LogP contribution is 2.44. The fourth-order valence-electron chi connectivity index (χ4n) is 2.51. The van der Waals surface area contributed by atoms with Crippen LogP contribution >= 0.6 is 0 Å². The molecule has 2 rings (SSSR count). The van der Waals surface area contributed by atoms with Gasteiger partial charge < -0.3 is 10.4 Å². The molecule has 0 unspecified atom stereocenters. The van der Waals surface area contributed by atoms with Crippen LogP contribution in [0.25, 0.3) is 0 Å². The van der Waals surface area contributed by atoms with Crippen molar-refractivity contribution in [1.29, 1.82) is 0 Å². The summed E-state index contributed by atoms with van der Waals surface area (Å²) in [6.07, 6.45) is 2.56. The minimum Gasteiger partial charge on any atom is -0.481 e. The minimum atomic E-state index is -3.94. The van der Waals surface area contributed by atoms with E-state index in [9.17, 15) is 17.6 Å². The van der Waals surface area contributed by atoms with Crippen LogP contribution in [0.4, 0.5) is 10.1 Å². The number of hydrogen-bond donors (Lipinski definition) is 3. The molecule has 0 aliphatic heterocycles. The number of anilines is 1. The molecular weight excluding hydrogens is 299 g/mol. The Morgan fingerprint density at radius 2 is 2.10 bits per heavy atom. The first kappa shape index (κ1) is 15.7. The fourth-order valence-corrected chi connectivity index (χ4v) is 3.04. The summed E-state index contributed by atoms with van der Waals surface area (Å²) in [6, 6.07) is 3.36. The number of hydrogen-bond acceptors (Lipinski definition) is 4. The molecule has 0 bridgehead atoms. The molecule has 1 aromatic carbocycles. The average molecular weight is 316 g/mol. The van der Waals surface area contributed by atoms with E-state index in [0.717, 1.165) is 25.3 Å². The van der Waals surface area contributed by atoms with Crippen LogP contribution in [-0.2, 0) is 14.8 Å². The molecule has 0 spiro atoms. The van der Waals surface area contributed by atoms with Gasteiger partial charge in [-0.3, -0.25) is 4.79 Å². The van der Waals surface area contributed by atoms with Crippen LogP contribution < -0.4 is 10.5 Å². The van der Waals surface area contributed by atoms with Crippen molar-refractivity contribution in [2.45, 2.75) is 30.6 Å². The first-order chi connectivity index (χ1) is 9.72. The van der Waals surface area contributed by atoms with E-state index in [4.69, 9.17) is 10.2 Å². The van der Waals surface area contributed by atoms with Crippen molar-refractivity contribution in [3.63, 3.8) is 0 Å². The van der Waals surface area contributed by atoms with E-state index in [1.54, 1.807) is 0 Å². The lowest BCUT2D eigenvalue weighted by Crippen LogP contribution is -2.38. The number of carbonyl (C=O) groups is 1. The Labute approximate surface area is 122 Å². The van der Waals surface area contributed by atoms with Gasteiger partial charge in [-0.05, 0) is 36.5 Å². The van der Waals surface area contributed by atoms with Gasteiger partial charge in [-0.1, -0.05) is 6.42 Å². The number of rotatable bonds is 6. The number of carboxylic acid groups (broad SMARTS) is 1. The van der Waals surface area contributed by atoms with E-state index in [1.807, 2.05) is 0 Å². The van der Waals surface area contributed by atoms with Crippen LogP contribution in [0.3, 0.4) is 0 Å². The van der Waals surface area contributed by atoms with Crippen molar-refractivity contribution in [3.8, 4) is 0 Å². The number of carboxylic acids is 1. The van der Waals surface area contributed by atoms with Crippen LogP contribution in [0.2, 0.25) is 0 Å². The molecule has 21 heavy (non-hydrogen) atoms. The van der Waals surface area contributed by atoms with Crippen molar-refractivity contribution < 1.29 is 22.7 Å². The van der Waals surface area contributed by atoms with E-state index in [0.29, 0.717) is 6.54 Å². The van der Waals surface area contributed by atoms with Crippen LogP contribution in [0.1, 0.15) is 25.7 Å². The van der Waals surface area contributed by atoms with Gasteiger partial charge >= 0.3 is 5.97 Å². The minimum absolute atomic E-state index is 0.0386. The summed E-state index contributed by atoms with van der Waals surface area (Å²) >= 11 is 0. The van der Waals surface area contributed by atoms with Crippen molar-refractivity contribution >= 4 is 21.7 Å². The monoisotopic (exact) mass is 316 g/mol. The molecule has 0 radical (unpaired) electrons. The Morgan fingerprint density at radius 3 is 2.52 bits per heavy atom. The highest BCUT2D eigenvalue weighted by Gasteiger charge is 2.38. The van der Waals surface area contributed by atoms with Crippen molar-refractivity contribution in [3.05, 3.63) is 24.0 Å². The first-order valence-electron chi connectivity index (χ1n) is 6.50. The molecule has 1 aliphatic rings. The third-order valence-corrected chi connectivity index (χ3v) is 4.77. The van der Waals surface area contributed by atoms with E-state index in [-0.39, 0.29) is 22.4 Å². The Morgan fingerprint density at radius 1 is 1.43 bits per heavy atom. The molecule has 0 saturated heterocycles. The smallest absolute Gasteiger partial charge is 0.303 e. The standard InChI is InChI=1S/C13H17FN2O4S/c14-10-6-9(21(15,19)20)2-3-11(10)16-8-13(4-1-5-13)7-12(17)18/h2-3,6,16H,1,4-5,7-8H2,(H,17,18)(H2,15,19,20). The second-order valence-electron chi connectivity index (χ2n) is 5.46. The highest BCUT2D eigenvalue weighted by atomic mass is 32.2. The zero-order valence-corrected chi connectivity index (χ0v) is 12.1. The Hall–Kier alpha value is -1.67. The molecule has 0 heterocycles. The average Bonchev–Trinajstić information content (AvgIpc) is 2.32. The molecule has 8 heteroatoms. The summed E-state index contributed by atoms with van der Waals surface area (Å²) in [4.78, 5) is 10.6. The van der Waals surface area contributed by atoms with Crippen molar-refractivity contribution in [1.82, 2.24) is 0 Å². The number of nitrogens with two attached hydrogens (primary N) is 1. The number of benzene rings is 1. The molecule has 0 atom stereocenters. The van der Waals surface area contributed by atoms with E-state index < -0.39 is 21.8 Å². The van der Waals surface area contributed by atoms with Crippen molar-refractivity contribution in [2.24, 2.45) is 10.6 Å². The quantitative estimate of drug-likeness (QED) is 0.737. The molecule has 1 saturated carbocycles. The third kappa shape index (κ3) is 3.70. The summed E-state index contributed by atoms with van der Waals surface area (Å²) in [5.41, 5.74) is -0.212. The van der Waals surface area contributed by atoms with Crippen LogP contribution in [0, 0.1) is 11.2 Å². The lowest BCUT2D eigenvalue weighted by atomic mass is 9.66. The lowest BCUT2D eigenvalue weighted by molar-refractivity contribution is -0.141. The topological polar surface area (TPSA) is 109 Å². The summed E-state index contributed by atoms with van der Waals surface area (Å²) in [5.74, 6) is -1.60. The molecule has 1 aliphatic carbocycles. The predicted octanol–water partition coefficient (Wildman–Crippen LogP) is 1.53. The highest BCUT2D eigenvalue weighted by molar-refractivity contribution is 7.89. The summed E-state index contributed by atoms with van der Waals surface area (Å²) < 4.78 is 36.1. The summed E-state index contributed by atoms with van der Waals surface area (Å²) in [6.45, 7) is 0.338. The molecule has 4 N–H and O–H groups in total. The van der Waals surface area contributed by atoms with Crippen molar-refractivity contribution in [2.75, 3.05) is 11.9 Å². The van der Waals surface area contributed by atoms with Crippen LogP contribution in [0.15, 0.2) is 23.1 Å². The van der Waals surface area contributed by atoms with E-state index in [1.165, 1.54) is 12.1 Å². The second kappa shape index (κ2) is 5.61. The zero-order chi connectivity index (χ0) is 15.7. The third-order valence-electron chi connectivity index (χ3n) is 3.86. The Bertz CT molecular complexity index is 656. The maximum atomic E-state index is 13.8. The molecule has 0 amide bonds. The maximum absolute atomic E-state index is 13.8. The zero-order valence-electron chi connectivity index (χ0n) is 11.3. The van der Waals surface area contributed by atoms with Gasteiger partial charge in [-0.15, -0.1) is 0 Å². The van der Waals surface area contributed by atoms with Gasteiger partial charge in [0.1, 0.15) is 5.82 Å². The molecule has 1 aromatic rings. The number of aliphatic carboxylic acids is 1. The molecule has 1 fully saturated rings. The lowest BCUT2D eigenvalue weighted by Gasteiger charge is -2.41. The Balaban J connectivity index is 2.08. The van der Waals surface area contributed by atoms with Gasteiger partial charge in [-0.25, -0.2) is 17.9 Å². The number of sulfonamides is 1. The van der Waals surface area contributed by atoms with Gasteiger partial charge in [0.15, 0.2) is 0 Å². The van der Waals surface area contributed by atoms with E-state index >= 15 is 0 Å². The number of nitrogens with one attached hydrogen (secondary N) is 1. The van der Waals surface area contributed by atoms with E-state index in [2.05, 4.69) is 5.32 Å². The fraction of sp³-hybridized carbons (Fsp3) is 0.462. The molecule has 116 valence electrons. The molecular formula is C13H17FN2O4S. The Kier molecular flexibility index (Phi) is 4.20.